The fourth-order valence-corrected chi connectivity index (χ4v) is 4.77. The Morgan fingerprint density at radius 3 is 2.97 bits per heavy atom. The Balaban J connectivity index is 1.58. The fourth-order valence-electron chi connectivity index (χ4n) is 3.84. The summed E-state index contributed by atoms with van der Waals surface area (Å²) in [6, 6.07) is -0.364. The maximum atomic E-state index is 14.2. The number of hydrogen-bond donors (Lipinski definition) is 2. The summed E-state index contributed by atoms with van der Waals surface area (Å²) in [5, 5.41) is 8.49. The number of rotatable bonds is 4. The Morgan fingerprint density at radius 1 is 1.45 bits per heavy atom. The number of amides is 1. The lowest BCUT2D eigenvalue weighted by Crippen LogP contribution is -2.59. The first-order valence-electron chi connectivity index (χ1n) is 9.40. The number of carbonyl (C=O) groups excluding carboxylic acids is 1. The van der Waals surface area contributed by atoms with Crippen LogP contribution in [0.5, 0.6) is 0 Å². The SMILES string of the molecule is CON1C=Cc2c(-c3cc(C(=O)NC4C(N)CCCC4(F)F)sc3C)cnn2C1. The summed E-state index contributed by atoms with van der Waals surface area (Å²) in [4.78, 5) is 19.2. The molecule has 2 aliphatic rings. The van der Waals surface area contributed by atoms with E-state index in [0.717, 1.165) is 21.7 Å². The lowest BCUT2D eigenvalue weighted by atomic mass is 9.87. The Bertz CT molecular complexity index is 955. The van der Waals surface area contributed by atoms with E-state index in [4.69, 9.17) is 10.6 Å². The van der Waals surface area contributed by atoms with Crippen molar-refractivity contribution in [3.63, 3.8) is 0 Å². The second-order valence-electron chi connectivity index (χ2n) is 7.35. The molecule has 10 heteroatoms. The van der Waals surface area contributed by atoms with Crippen molar-refractivity contribution >= 4 is 23.3 Å². The number of nitrogens with two attached hydrogens (primary N) is 1. The molecule has 29 heavy (non-hydrogen) atoms. The van der Waals surface area contributed by atoms with Crippen LogP contribution in [-0.4, -0.2) is 45.9 Å². The molecule has 7 nitrogen and oxygen atoms in total. The molecule has 1 fully saturated rings. The van der Waals surface area contributed by atoms with E-state index in [1.165, 1.54) is 11.3 Å². The van der Waals surface area contributed by atoms with Gasteiger partial charge in [-0.2, -0.15) is 5.10 Å². The smallest absolute Gasteiger partial charge is 0.269 e. The van der Waals surface area contributed by atoms with E-state index in [9.17, 15) is 13.6 Å². The normalized spacial score (nSPS) is 23.1. The van der Waals surface area contributed by atoms with Gasteiger partial charge in [-0.3, -0.25) is 9.63 Å². The molecule has 0 spiro atoms. The summed E-state index contributed by atoms with van der Waals surface area (Å²) in [7, 11) is 1.58. The predicted octanol–water partition coefficient (Wildman–Crippen LogP) is 2.97. The Kier molecular flexibility index (Phi) is 5.18. The second kappa shape index (κ2) is 7.51. The highest BCUT2D eigenvalue weighted by Gasteiger charge is 2.46. The van der Waals surface area contributed by atoms with Gasteiger partial charge in [-0.25, -0.2) is 18.5 Å². The summed E-state index contributed by atoms with van der Waals surface area (Å²) in [5.41, 5.74) is 8.50. The molecule has 2 aromatic rings. The standard InChI is InChI=1S/C19H23F2N5O2S/c1-11-12(13-9-23-26-10-25(28-2)7-5-15(13)26)8-16(29-11)18(27)24-17-14(22)4-3-6-19(17,20)21/h5,7-9,14,17H,3-4,6,10,22H2,1-2H3,(H,24,27). The average molecular weight is 423 g/mol. The highest BCUT2D eigenvalue weighted by Crippen LogP contribution is 2.36. The Hall–Kier alpha value is -2.30. The number of hydrogen-bond acceptors (Lipinski definition) is 6. The molecule has 1 aliphatic heterocycles. The predicted molar refractivity (Wildman–Crippen MR) is 106 cm³/mol. The van der Waals surface area contributed by atoms with Crippen molar-refractivity contribution in [2.24, 2.45) is 5.73 Å². The van der Waals surface area contributed by atoms with Crippen LogP contribution in [0.15, 0.2) is 18.5 Å². The molecule has 156 valence electrons. The molecule has 2 aromatic heterocycles. The lowest BCUT2D eigenvalue weighted by Gasteiger charge is -2.36. The van der Waals surface area contributed by atoms with E-state index in [0.29, 0.717) is 24.4 Å². The van der Waals surface area contributed by atoms with Crippen LogP contribution >= 0.6 is 11.3 Å². The zero-order valence-corrected chi connectivity index (χ0v) is 17.0. The van der Waals surface area contributed by atoms with Crippen LogP contribution in [-0.2, 0) is 11.5 Å². The molecule has 0 saturated heterocycles. The number of nitrogens with zero attached hydrogens (tertiary/aromatic N) is 3. The third-order valence-corrected chi connectivity index (χ3v) is 6.49. The van der Waals surface area contributed by atoms with Crippen molar-refractivity contribution in [2.75, 3.05) is 7.11 Å². The third-order valence-electron chi connectivity index (χ3n) is 5.44. The number of aryl methyl sites for hydroxylation is 1. The molecular formula is C19H23F2N5O2S. The number of alkyl halides is 2. The largest absolute Gasteiger partial charge is 0.341 e. The van der Waals surface area contributed by atoms with E-state index in [1.54, 1.807) is 29.1 Å². The van der Waals surface area contributed by atoms with Crippen molar-refractivity contribution in [2.45, 2.75) is 50.9 Å². The van der Waals surface area contributed by atoms with E-state index in [2.05, 4.69) is 10.4 Å². The van der Waals surface area contributed by atoms with Crippen LogP contribution in [0.1, 0.15) is 39.5 Å². The molecule has 3 heterocycles. The van der Waals surface area contributed by atoms with Crippen LogP contribution in [0.2, 0.25) is 0 Å². The first kappa shape index (κ1) is 20.0. The van der Waals surface area contributed by atoms with Crippen LogP contribution in [0.25, 0.3) is 17.2 Å². The van der Waals surface area contributed by atoms with Gasteiger partial charge in [0.1, 0.15) is 12.7 Å². The zero-order chi connectivity index (χ0) is 20.8. The average Bonchev–Trinajstić information content (AvgIpc) is 3.27. The number of fused-ring (bicyclic) bond motifs is 1. The minimum atomic E-state index is -2.99. The van der Waals surface area contributed by atoms with Gasteiger partial charge in [-0.05, 0) is 37.5 Å². The van der Waals surface area contributed by atoms with Gasteiger partial charge in [-0.1, -0.05) is 0 Å². The molecule has 2 unspecified atom stereocenters. The van der Waals surface area contributed by atoms with Crippen LogP contribution in [0.3, 0.4) is 0 Å². The minimum Gasteiger partial charge on any atom is -0.341 e. The van der Waals surface area contributed by atoms with Gasteiger partial charge in [0.05, 0.1) is 23.9 Å². The van der Waals surface area contributed by atoms with Crippen molar-refractivity contribution < 1.29 is 18.4 Å². The highest BCUT2D eigenvalue weighted by atomic mass is 32.1. The number of halogens is 2. The van der Waals surface area contributed by atoms with E-state index in [-0.39, 0.29) is 6.42 Å². The second-order valence-corrected chi connectivity index (χ2v) is 8.60. The number of nitrogens with one attached hydrogen (secondary N) is 1. The maximum absolute atomic E-state index is 14.2. The molecule has 1 aliphatic carbocycles. The first-order chi connectivity index (χ1) is 13.8. The summed E-state index contributed by atoms with van der Waals surface area (Å²) < 4.78 is 30.2. The summed E-state index contributed by atoms with van der Waals surface area (Å²) >= 11 is 1.27. The number of carbonyl (C=O) groups is 1. The lowest BCUT2D eigenvalue weighted by molar-refractivity contribution is -0.114. The first-order valence-corrected chi connectivity index (χ1v) is 10.2. The van der Waals surface area contributed by atoms with Gasteiger partial charge in [-0.15, -0.1) is 11.3 Å². The molecule has 0 radical (unpaired) electrons. The van der Waals surface area contributed by atoms with Crippen molar-refractivity contribution in [3.8, 4) is 11.1 Å². The number of aromatic nitrogens is 2. The summed E-state index contributed by atoms with van der Waals surface area (Å²) in [6.07, 6.45) is 6.01. The molecule has 0 bridgehead atoms. The van der Waals surface area contributed by atoms with Crippen LogP contribution < -0.4 is 11.1 Å². The molecule has 0 aromatic carbocycles. The summed E-state index contributed by atoms with van der Waals surface area (Å²) in [5.74, 6) is -3.51. The maximum Gasteiger partial charge on any atom is 0.269 e. The molecule has 2 atom stereocenters. The highest BCUT2D eigenvalue weighted by molar-refractivity contribution is 7.14. The number of thiophene rings is 1. The van der Waals surface area contributed by atoms with Gasteiger partial charge >= 0.3 is 0 Å². The fraction of sp³-hybridized carbons (Fsp3) is 0.474. The Labute approximate surface area is 171 Å². The van der Waals surface area contributed by atoms with Gasteiger partial charge < -0.3 is 11.1 Å². The van der Waals surface area contributed by atoms with Gasteiger partial charge in [0.25, 0.3) is 11.8 Å². The minimum absolute atomic E-state index is 0.256. The van der Waals surface area contributed by atoms with Gasteiger partial charge in [0.2, 0.25) is 0 Å². The monoisotopic (exact) mass is 423 g/mol. The molecule has 3 N–H and O–H groups in total. The van der Waals surface area contributed by atoms with E-state index >= 15 is 0 Å². The Morgan fingerprint density at radius 2 is 2.24 bits per heavy atom. The van der Waals surface area contributed by atoms with Gasteiger partial charge in [0, 0.05) is 29.1 Å². The van der Waals surface area contributed by atoms with Crippen LogP contribution in [0, 0.1) is 6.92 Å². The molecule has 1 saturated carbocycles. The zero-order valence-electron chi connectivity index (χ0n) is 16.2. The van der Waals surface area contributed by atoms with E-state index < -0.39 is 23.9 Å². The third kappa shape index (κ3) is 3.67. The molecular weight excluding hydrogens is 400 g/mol. The molecule has 1 amide bonds. The number of hydroxylamine groups is 2. The van der Waals surface area contributed by atoms with Gasteiger partial charge in [0.15, 0.2) is 0 Å². The topological polar surface area (TPSA) is 85.4 Å². The summed E-state index contributed by atoms with van der Waals surface area (Å²) in [6.45, 7) is 2.35. The quantitative estimate of drug-likeness (QED) is 0.790. The molecule has 4 rings (SSSR count). The van der Waals surface area contributed by atoms with Crippen LogP contribution in [0.4, 0.5) is 8.78 Å². The van der Waals surface area contributed by atoms with E-state index in [1.807, 2.05) is 19.2 Å². The van der Waals surface area contributed by atoms with Crippen molar-refractivity contribution in [1.29, 1.82) is 0 Å². The van der Waals surface area contributed by atoms with Crippen molar-refractivity contribution in [1.82, 2.24) is 20.2 Å². The van der Waals surface area contributed by atoms with Crippen molar-refractivity contribution in [3.05, 3.63) is 33.9 Å².